The van der Waals surface area contributed by atoms with Crippen LogP contribution in [0.5, 0.6) is 0 Å². The Morgan fingerprint density at radius 2 is 1.96 bits per heavy atom. The van der Waals surface area contributed by atoms with Crippen molar-refractivity contribution in [2.24, 2.45) is 0 Å². The maximum atomic E-state index is 13.1. The molecule has 1 aromatic carbocycles. The molecule has 1 aliphatic heterocycles. The molecule has 0 spiro atoms. The summed E-state index contributed by atoms with van der Waals surface area (Å²) in [7, 11) is 0. The summed E-state index contributed by atoms with van der Waals surface area (Å²) < 4.78 is 0. The first-order valence-corrected chi connectivity index (χ1v) is 9.24. The minimum Gasteiger partial charge on any atom is -0.356 e. The Morgan fingerprint density at radius 3 is 2.73 bits per heavy atom. The molecule has 1 fully saturated rings. The number of nitrogens with one attached hydrogen (secondary N) is 1. The zero-order valence-electron chi connectivity index (χ0n) is 14.9. The summed E-state index contributed by atoms with van der Waals surface area (Å²) in [5.41, 5.74) is 1.90. The van der Waals surface area contributed by atoms with E-state index in [4.69, 9.17) is 0 Å². The van der Waals surface area contributed by atoms with E-state index in [-0.39, 0.29) is 17.9 Å². The molecule has 1 aliphatic rings. The Labute approximate surface area is 154 Å². The maximum Gasteiger partial charge on any atom is 0.227 e. The molecular formula is C21H25N3O2. The average molecular weight is 351 g/mol. The number of rotatable bonds is 3. The molecule has 1 aromatic heterocycles. The lowest BCUT2D eigenvalue weighted by Crippen LogP contribution is -2.40. The molecule has 0 saturated carbocycles. The number of aromatic nitrogens is 1. The lowest BCUT2D eigenvalue weighted by molar-refractivity contribution is -0.134. The third kappa shape index (κ3) is 4.91. The zero-order valence-corrected chi connectivity index (χ0v) is 14.9. The van der Waals surface area contributed by atoms with Crippen molar-refractivity contribution in [3.05, 3.63) is 66.0 Å². The Kier molecular flexibility index (Phi) is 6.36. The Hall–Kier alpha value is -2.69. The zero-order chi connectivity index (χ0) is 18.2. The summed E-state index contributed by atoms with van der Waals surface area (Å²) in [6, 6.07) is 13.4. The van der Waals surface area contributed by atoms with E-state index in [1.165, 1.54) is 0 Å². The van der Waals surface area contributed by atoms with Crippen LogP contribution in [0.2, 0.25) is 0 Å². The number of amides is 2. The molecule has 1 atom stereocenters. The molecular weight excluding hydrogens is 326 g/mol. The largest absolute Gasteiger partial charge is 0.356 e. The molecule has 136 valence electrons. The number of nitrogens with zero attached hydrogens (tertiary/aromatic N) is 2. The Bertz CT molecular complexity index is 719. The highest BCUT2D eigenvalue weighted by molar-refractivity contribution is 5.81. The maximum absolute atomic E-state index is 13.1. The fourth-order valence-electron chi connectivity index (χ4n) is 3.38. The van der Waals surface area contributed by atoms with Gasteiger partial charge >= 0.3 is 0 Å². The molecule has 1 N–H and O–H groups in total. The van der Waals surface area contributed by atoms with Gasteiger partial charge in [-0.15, -0.1) is 0 Å². The average Bonchev–Trinajstić information content (AvgIpc) is 2.67. The molecule has 2 amide bonds. The number of hydrogen-bond donors (Lipinski definition) is 1. The lowest BCUT2D eigenvalue weighted by atomic mass is 9.99. The van der Waals surface area contributed by atoms with Gasteiger partial charge in [0.25, 0.3) is 0 Å². The van der Waals surface area contributed by atoms with Crippen LogP contribution in [0.1, 0.15) is 42.9 Å². The summed E-state index contributed by atoms with van der Waals surface area (Å²) in [5, 5.41) is 2.97. The fraction of sp³-hybridized carbons (Fsp3) is 0.381. The highest BCUT2D eigenvalue weighted by Gasteiger charge is 2.27. The van der Waals surface area contributed by atoms with Crippen LogP contribution in [0.25, 0.3) is 0 Å². The van der Waals surface area contributed by atoms with Gasteiger partial charge in [-0.05, 0) is 36.5 Å². The van der Waals surface area contributed by atoms with Crippen LogP contribution in [0.15, 0.2) is 54.9 Å². The van der Waals surface area contributed by atoms with Gasteiger partial charge < -0.3 is 10.2 Å². The third-order valence-corrected chi connectivity index (χ3v) is 4.74. The van der Waals surface area contributed by atoms with Crippen molar-refractivity contribution >= 4 is 11.8 Å². The smallest absolute Gasteiger partial charge is 0.227 e. The van der Waals surface area contributed by atoms with Crippen molar-refractivity contribution in [3.63, 3.8) is 0 Å². The Balaban J connectivity index is 1.86. The van der Waals surface area contributed by atoms with Crippen LogP contribution in [0, 0.1) is 0 Å². The summed E-state index contributed by atoms with van der Waals surface area (Å²) in [4.78, 5) is 31.4. The van der Waals surface area contributed by atoms with Crippen LogP contribution in [-0.2, 0) is 16.0 Å². The van der Waals surface area contributed by atoms with Gasteiger partial charge in [0.2, 0.25) is 11.8 Å². The van der Waals surface area contributed by atoms with Crippen LogP contribution >= 0.6 is 0 Å². The summed E-state index contributed by atoms with van der Waals surface area (Å²) in [5.74, 6) is 0.0418. The van der Waals surface area contributed by atoms with Crippen molar-refractivity contribution in [2.45, 2.75) is 38.1 Å². The van der Waals surface area contributed by atoms with E-state index in [0.717, 1.165) is 30.4 Å². The molecule has 0 bridgehead atoms. The van der Waals surface area contributed by atoms with Gasteiger partial charge in [-0.3, -0.25) is 14.6 Å². The predicted octanol–water partition coefficient (Wildman–Crippen LogP) is 2.88. The SMILES string of the molecule is O=C1CC(c2ccccc2)N(C(=O)Cc2cccnc2)CCCCCN1. The minimum atomic E-state index is -0.238. The molecule has 2 heterocycles. The molecule has 1 saturated heterocycles. The standard InChI is InChI=1S/C21H25N3O2/c25-20-15-19(18-9-3-1-4-10-18)24(13-6-2-5-12-23-20)21(26)14-17-8-7-11-22-16-17/h1,3-4,7-11,16,19H,2,5-6,12-15H2,(H,23,25). The van der Waals surface area contributed by atoms with Gasteiger partial charge in [-0.2, -0.15) is 0 Å². The highest BCUT2D eigenvalue weighted by Crippen LogP contribution is 2.26. The molecule has 1 unspecified atom stereocenters. The van der Waals surface area contributed by atoms with E-state index in [0.29, 0.717) is 25.9 Å². The molecule has 5 nitrogen and oxygen atoms in total. The summed E-state index contributed by atoms with van der Waals surface area (Å²) >= 11 is 0. The van der Waals surface area contributed by atoms with E-state index < -0.39 is 0 Å². The first kappa shape index (κ1) is 18.1. The quantitative estimate of drug-likeness (QED) is 0.925. The van der Waals surface area contributed by atoms with Crippen molar-refractivity contribution in [1.29, 1.82) is 0 Å². The van der Waals surface area contributed by atoms with Crippen LogP contribution in [-0.4, -0.2) is 34.8 Å². The van der Waals surface area contributed by atoms with Gasteiger partial charge in [0, 0.05) is 25.5 Å². The highest BCUT2D eigenvalue weighted by atomic mass is 16.2. The summed E-state index contributed by atoms with van der Waals surface area (Å²) in [6.07, 6.45) is 6.92. The van der Waals surface area contributed by atoms with Gasteiger partial charge in [0.05, 0.1) is 18.9 Å². The van der Waals surface area contributed by atoms with E-state index in [1.807, 2.05) is 47.4 Å². The van der Waals surface area contributed by atoms with E-state index in [9.17, 15) is 9.59 Å². The van der Waals surface area contributed by atoms with Crippen molar-refractivity contribution in [1.82, 2.24) is 15.2 Å². The molecule has 2 aromatic rings. The van der Waals surface area contributed by atoms with E-state index in [2.05, 4.69) is 10.3 Å². The van der Waals surface area contributed by atoms with Crippen LogP contribution < -0.4 is 5.32 Å². The molecule has 3 rings (SSSR count). The van der Waals surface area contributed by atoms with Gasteiger partial charge in [-0.25, -0.2) is 0 Å². The molecule has 0 radical (unpaired) electrons. The number of pyridine rings is 1. The second-order valence-corrected chi connectivity index (χ2v) is 6.67. The first-order valence-electron chi connectivity index (χ1n) is 9.24. The third-order valence-electron chi connectivity index (χ3n) is 4.74. The van der Waals surface area contributed by atoms with Gasteiger partial charge in [-0.1, -0.05) is 36.4 Å². The first-order chi connectivity index (χ1) is 12.7. The normalized spacial score (nSPS) is 18.8. The van der Waals surface area contributed by atoms with Crippen molar-refractivity contribution in [2.75, 3.05) is 13.1 Å². The minimum absolute atomic E-state index is 0.0000640. The second kappa shape index (κ2) is 9.13. The van der Waals surface area contributed by atoms with Crippen molar-refractivity contribution < 1.29 is 9.59 Å². The lowest BCUT2D eigenvalue weighted by Gasteiger charge is -2.33. The van der Waals surface area contributed by atoms with Gasteiger partial charge in [0.15, 0.2) is 0 Å². The molecule has 5 heteroatoms. The predicted molar refractivity (Wildman–Crippen MR) is 100 cm³/mol. The number of carbonyl (C=O) groups is 2. The topological polar surface area (TPSA) is 62.3 Å². The number of carbonyl (C=O) groups excluding carboxylic acids is 2. The number of benzene rings is 1. The summed E-state index contributed by atoms with van der Waals surface area (Å²) in [6.45, 7) is 1.38. The van der Waals surface area contributed by atoms with E-state index in [1.54, 1.807) is 12.4 Å². The second-order valence-electron chi connectivity index (χ2n) is 6.67. The number of hydrogen-bond acceptors (Lipinski definition) is 3. The van der Waals surface area contributed by atoms with Crippen LogP contribution in [0.3, 0.4) is 0 Å². The monoisotopic (exact) mass is 351 g/mol. The molecule has 0 aliphatic carbocycles. The van der Waals surface area contributed by atoms with Crippen LogP contribution in [0.4, 0.5) is 0 Å². The van der Waals surface area contributed by atoms with E-state index >= 15 is 0 Å². The Morgan fingerprint density at radius 1 is 1.12 bits per heavy atom. The molecule has 26 heavy (non-hydrogen) atoms. The van der Waals surface area contributed by atoms with Crippen molar-refractivity contribution in [3.8, 4) is 0 Å². The van der Waals surface area contributed by atoms with Gasteiger partial charge in [0.1, 0.15) is 0 Å². The fourth-order valence-corrected chi connectivity index (χ4v) is 3.38.